The summed E-state index contributed by atoms with van der Waals surface area (Å²) in [6.45, 7) is 0. The normalized spacial score (nSPS) is 0. The molecule has 0 aliphatic carbocycles. The van der Waals surface area contributed by atoms with Crippen molar-refractivity contribution in [1.29, 1.82) is 0 Å². The Balaban J connectivity index is 0. The predicted octanol–water partition coefficient (Wildman–Crippen LogP) is -1.52. The first-order valence-corrected chi connectivity index (χ1v) is 0. The average molecular weight is 289 g/mol. The molecule has 0 N–H and O–H groups in total. The molecule has 4 heavy (non-hydrogen) atoms. The summed E-state index contributed by atoms with van der Waals surface area (Å²) in [5, 5.41) is 0. The van der Waals surface area contributed by atoms with Crippen LogP contribution in [0.5, 0.6) is 0 Å². The van der Waals surface area contributed by atoms with Crippen LogP contribution in [0.4, 0.5) is 0 Å². The van der Waals surface area contributed by atoms with Crippen LogP contribution in [0, 0.1) is 0 Å². The fraction of sp³-hybridized carbons (Fsp3) is 0. The Morgan fingerprint density at radius 3 is 1.00 bits per heavy atom. The molecule has 0 aliphatic rings. The van der Waals surface area contributed by atoms with Gasteiger partial charge in [0.2, 0.25) is 0 Å². The molecular weight excluding hydrogens is 289 g/mol. The molecule has 0 nitrogen and oxygen atoms in total. The van der Waals surface area contributed by atoms with Crippen LogP contribution in [-0.4, -0.2) is 72.3 Å². The summed E-state index contributed by atoms with van der Waals surface area (Å²) >= 11 is 0. The zero-order valence-electron chi connectivity index (χ0n) is 2.08. The molecule has 0 atom stereocenters. The Hall–Kier alpha value is 2.19. The molecule has 4 heteroatoms. The third-order valence-corrected chi connectivity index (χ3v) is 0. The van der Waals surface area contributed by atoms with Gasteiger partial charge < -0.3 is 0 Å². The summed E-state index contributed by atoms with van der Waals surface area (Å²) in [4.78, 5) is 0. The van der Waals surface area contributed by atoms with Crippen molar-refractivity contribution in [3.05, 3.63) is 0 Å². The molecule has 0 amide bonds. The second-order valence-corrected chi connectivity index (χ2v) is 0. The van der Waals surface area contributed by atoms with Crippen LogP contribution in [0.3, 0.4) is 0 Å². The van der Waals surface area contributed by atoms with Gasteiger partial charge in [-0.2, -0.15) is 0 Å². The Morgan fingerprint density at radius 1 is 1.00 bits per heavy atom. The van der Waals surface area contributed by atoms with E-state index in [1.807, 2.05) is 0 Å². The predicted molar refractivity (Wildman–Crippen MR) is 23.0 cm³/mol. The van der Waals surface area contributed by atoms with Crippen molar-refractivity contribution < 1.29 is 0 Å². The van der Waals surface area contributed by atoms with Gasteiger partial charge >= 0.3 is 0 Å². The molecule has 0 aromatic carbocycles. The van der Waals surface area contributed by atoms with Gasteiger partial charge in [0.05, 0.1) is 0 Å². The van der Waals surface area contributed by atoms with Crippen molar-refractivity contribution in [2.75, 3.05) is 0 Å². The van der Waals surface area contributed by atoms with Crippen LogP contribution < -0.4 is 0 Å². The van der Waals surface area contributed by atoms with Crippen LogP contribution >= 0.6 is 0 Å². The molecule has 0 aliphatic heterocycles. The zero-order valence-corrected chi connectivity index (χ0v) is 10.5. The van der Waals surface area contributed by atoms with Crippen molar-refractivity contribution in [2.24, 2.45) is 0 Å². The van der Waals surface area contributed by atoms with Crippen LogP contribution in [0.2, 0.25) is 0 Å². The quantitative estimate of drug-likeness (QED) is 0.475. The molecule has 15 radical (unpaired) electrons. The fourth-order valence-electron chi connectivity index (χ4n) is 0. The summed E-state index contributed by atoms with van der Waals surface area (Å²) in [7, 11) is 0. The van der Waals surface area contributed by atoms with E-state index in [0.717, 1.165) is 0 Å². The van der Waals surface area contributed by atoms with Crippen molar-refractivity contribution in [2.45, 2.75) is 0 Å². The zero-order chi connectivity index (χ0) is 0. The van der Waals surface area contributed by atoms with Crippen LogP contribution in [0.25, 0.3) is 0 Å². The van der Waals surface area contributed by atoms with Gasteiger partial charge in [-0.3, -0.25) is 0 Å². The molecule has 0 heterocycles. The SMILES string of the molecule is [Ga].[Ge].[Si].[Sn]. The monoisotopic (exact) mass is 291 g/mol. The topological polar surface area (TPSA) is 0 Å². The van der Waals surface area contributed by atoms with E-state index >= 15 is 0 Å². The van der Waals surface area contributed by atoms with Gasteiger partial charge in [0.25, 0.3) is 0 Å². The van der Waals surface area contributed by atoms with Gasteiger partial charge in [0.1, 0.15) is 0 Å². The van der Waals surface area contributed by atoms with Gasteiger partial charge in [-0.15, -0.1) is 0 Å². The summed E-state index contributed by atoms with van der Waals surface area (Å²) in [6.07, 6.45) is 0. The Morgan fingerprint density at radius 2 is 1.00 bits per heavy atom. The molecule has 0 aromatic heterocycles. The van der Waals surface area contributed by atoms with E-state index in [2.05, 4.69) is 0 Å². The van der Waals surface area contributed by atoms with Crippen molar-refractivity contribution in [3.8, 4) is 0 Å². The van der Waals surface area contributed by atoms with E-state index in [-0.39, 0.29) is 72.3 Å². The summed E-state index contributed by atoms with van der Waals surface area (Å²) in [5.41, 5.74) is 0. The van der Waals surface area contributed by atoms with Gasteiger partial charge in [0, 0.05) is 72.3 Å². The van der Waals surface area contributed by atoms with E-state index in [1.54, 1.807) is 0 Å². The van der Waals surface area contributed by atoms with Gasteiger partial charge in [-0.1, -0.05) is 0 Å². The van der Waals surface area contributed by atoms with Crippen LogP contribution in [0.15, 0.2) is 0 Å². The fourth-order valence-corrected chi connectivity index (χ4v) is 0. The molecule has 0 aromatic rings. The average Bonchev–Trinajstić information content (AvgIpc) is 0. The minimum absolute atomic E-state index is 0. The maximum Gasteiger partial charge on any atom is 0 e. The van der Waals surface area contributed by atoms with E-state index in [0.29, 0.717) is 0 Å². The third kappa shape index (κ3) is 8.89. The summed E-state index contributed by atoms with van der Waals surface area (Å²) in [5.74, 6) is 0. The largest absolute Gasteiger partial charge is 0 e. The van der Waals surface area contributed by atoms with Gasteiger partial charge in [-0.25, -0.2) is 0 Å². The maximum absolute atomic E-state index is 0. The summed E-state index contributed by atoms with van der Waals surface area (Å²) < 4.78 is 0. The van der Waals surface area contributed by atoms with Crippen molar-refractivity contribution in [3.63, 3.8) is 0 Å². The van der Waals surface area contributed by atoms with Crippen molar-refractivity contribution in [1.82, 2.24) is 0 Å². The number of hydrogen-bond acceptors (Lipinski definition) is 0. The van der Waals surface area contributed by atoms with Gasteiger partial charge in [-0.05, 0) is 0 Å². The van der Waals surface area contributed by atoms with Crippen LogP contribution in [0.1, 0.15) is 0 Å². The minimum Gasteiger partial charge on any atom is 0 e. The van der Waals surface area contributed by atoms with Crippen molar-refractivity contribution >= 4 is 72.3 Å². The minimum atomic E-state index is 0. The molecule has 0 fully saturated rings. The maximum atomic E-state index is 0. The van der Waals surface area contributed by atoms with E-state index in [9.17, 15) is 0 Å². The molecule has 0 rings (SSSR count). The molecule has 0 saturated heterocycles. The van der Waals surface area contributed by atoms with E-state index in [4.69, 9.17) is 0 Å². The molecule has 0 unspecified atom stereocenters. The van der Waals surface area contributed by atoms with Crippen LogP contribution in [-0.2, 0) is 0 Å². The Kier molecular flexibility index (Phi) is 165. The van der Waals surface area contributed by atoms with Gasteiger partial charge in [0.15, 0.2) is 0 Å². The second-order valence-electron chi connectivity index (χ2n) is 0. The van der Waals surface area contributed by atoms with E-state index in [1.165, 1.54) is 0 Å². The molecule has 0 bridgehead atoms. The first kappa shape index (κ1) is 34.7. The molecular formula is GaGeSiSn. The summed E-state index contributed by atoms with van der Waals surface area (Å²) in [6, 6.07) is 0. The second kappa shape index (κ2) is 19.0. The molecule has 0 saturated carbocycles. The molecule has 0 spiro atoms. The van der Waals surface area contributed by atoms with E-state index < -0.39 is 0 Å². The first-order chi connectivity index (χ1) is 0. The third-order valence-electron chi connectivity index (χ3n) is 0. The number of rotatable bonds is 0. The standard InChI is InChI=1S/Ga.Ge.Si.Sn. The smallest absolute Gasteiger partial charge is 0 e. The Bertz CT molecular complexity index is 8.00. The first-order valence-electron chi connectivity index (χ1n) is 0. The number of hydrogen-bond donors (Lipinski definition) is 0. The Labute approximate surface area is 71.5 Å². The molecule has 15 valence electrons.